The van der Waals surface area contributed by atoms with Crippen LogP contribution in [0.1, 0.15) is 52.5 Å². The van der Waals surface area contributed by atoms with Crippen LogP contribution in [0.5, 0.6) is 0 Å². The number of amides is 1. The van der Waals surface area contributed by atoms with E-state index in [9.17, 15) is 22.8 Å². The summed E-state index contributed by atoms with van der Waals surface area (Å²) >= 11 is 0. The molecule has 0 aliphatic heterocycles. The number of carbonyl (C=O) groups is 2. The van der Waals surface area contributed by atoms with Gasteiger partial charge in [0.05, 0.1) is 5.56 Å². The van der Waals surface area contributed by atoms with Gasteiger partial charge in [0, 0.05) is 18.4 Å². The molecule has 1 amide bonds. The van der Waals surface area contributed by atoms with E-state index in [0.29, 0.717) is 29.7 Å². The molecule has 1 aromatic heterocycles. The minimum Gasteiger partial charge on any atom is -0.455 e. The molecule has 7 heteroatoms. The average Bonchev–Trinajstić information content (AvgIpc) is 2.60. The van der Waals surface area contributed by atoms with Crippen molar-refractivity contribution in [2.45, 2.75) is 39.8 Å². The maximum absolute atomic E-state index is 12.1. The van der Waals surface area contributed by atoms with Gasteiger partial charge in [0.1, 0.15) is 12.3 Å². The summed E-state index contributed by atoms with van der Waals surface area (Å²) in [7, 11) is 0. The summed E-state index contributed by atoms with van der Waals surface area (Å²) in [5, 5.41) is 1.76. The molecule has 1 heterocycles. The average molecular weight is 303 g/mol. The second-order valence-electron chi connectivity index (χ2n) is 6.09. The van der Waals surface area contributed by atoms with Crippen LogP contribution in [0.2, 0.25) is 0 Å². The molecule has 0 unspecified atom stereocenters. The van der Waals surface area contributed by atoms with E-state index in [4.69, 9.17) is 4.42 Å². The highest BCUT2D eigenvalue weighted by molar-refractivity contribution is 6.03. The zero-order valence-electron chi connectivity index (χ0n) is 12.0. The van der Waals surface area contributed by atoms with Crippen LogP contribution in [0, 0.1) is 12.3 Å². The number of halogens is 3. The number of ketones is 1. The van der Waals surface area contributed by atoms with Gasteiger partial charge in [-0.3, -0.25) is 9.59 Å². The molecule has 1 aliphatic carbocycles. The Labute approximate surface area is 119 Å². The fraction of sp³-hybridized carbons (Fsp3) is 0.571. The number of nitrogens with one attached hydrogen (secondary N) is 1. The van der Waals surface area contributed by atoms with Crippen molar-refractivity contribution in [1.29, 1.82) is 0 Å². The number of carbonyl (C=O) groups excluding carboxylic acids is 2. The topological polar surface area (TPSA) is 59.3 Å². The molecule has 0 saturated heterocycles. The van der Waals surface area contributed by atoms with Crippen LogP contribution in [0.15, 0.2) is 4.42 Å². The van der Waals surface area contributed by atoms with Crippen molar-refractivity contribution in [1.82, 2.24) is 5.32 Å². The van der Waals surface area contributed by atoms with Crippen LogP contribution in [0.4, 0.5) is 13.2 Å². The van der Waals surface area contributed by atoms with Gasteiger partial charge < -0.3 is 9.73 Å². The third-order valence-electron chi connectivity index (χ3n) is 3.43. The number of Topliss-reactive ketones (excluding diaryl/α,β-unsaturated/α-hetero) is 1. The molecule has 0 atom stereocenters. The Balaban J connectivity index is 2.28. The van der Waals surface area contributed by atoms with Crippen molar-refractivity contribution in [3.63, 3.8) is 0 Å². The maximum Gasteiger partial charge on any atom is 0.405 e. The summed E-state index contributed by atoms with van der Waals surface area (Å²) in [5.74, 6) is -0.927. The predicted molar refractivity (Wildman–Crippen MR) is 68.3 cm³/mol. The fourth-order valence-electron chi connectivity index (χ4n) is 2.56. The zero-order valence-corrected chi connectivity index (χ0v) is 12.0. The molecule has 1 aromatic rings. The van der Waals surface area contributed by atoms with E-state index in [1.54, 1.807) is 5.32 Å². The summed E-state index contributed by atoms with van der Waals surface area (Å²) < 4.78 is 41.7. The number of alkyl halides is 3. The van der Waals surface area contributed by atoms with Gasteiger partial charge in [-0.05, 0) is 12.3 Å². The molecule has 0 aromatic carbocycles. The van der Waals surface area contributed by atoms with Crippen molar-refractivity contribution in [3.8, 4) is 0 Å². The summed E-state index contributed by atoms with van der Waals surface area (Å²) in [4.78, 5) is 23.9. The molecule has 21 heavy (non-hydrogen) atoms. The van der Waals surface area contributed by atoms with Crippen LogP contribution in [-0.2, 0) is 6.42 Å². The van der Waals surface area contributed by atoms with Crippen molar-refractivity contribution < 1.29 is 27.2 Å². The lowest BCUT2D eigenvalue weighted by Crippen LogP contribution is -2.33. The van der Waals surface area contributed by atoms with Gasteiger partial charge in [0.25, 0.3) is 5.91 Å². The van der Waals surface area contributed by atoms with Crippen molar-refractivity contribution in [3.05, 3.63) is 22.6 Å². The first-order valence-corrected chi connectivity index (χ1v) is 6.50. The van der Waals surface area contributed by atoms with E-state index in [1.165, 1.54) is 6.92 Å². The molecular weight excluding hydrogens is 287 g/mol. The van der Waals surface area contributed by atoms with Gasteiger partial charge in [0.2, 0.25) is 0 Å². The molecule has 0 fully saturated rings. The number of hydrogen-bond acceptors (Lipinski definition) is 3. The second kappa shape index (κ2) is 4.89. The van der Waals surface area contributed by atoms with E-state index in [-0.39, 0.29) is 17.0 Å². The Morgan fingerprint density at radius 1 is 1.33 bits per heavy atom. The van der Waals surface area contributed by atoms with Crippen molar-refractivity contribution >= 4 is 11.7 Å². The minimum absolute atomic E-state index is 0.141. The first-order valence-electron chi connectivity index (χ1n) is 6.50. The molecule has 116 valence electrons. The number of fused-ring (bicyclic) bond motifs is 1. The standard InChI is InChI=1S/C14H16F3NO3/c1-7-10-8(19)4-13(2,3)5-9(10)21-11(7)12(20)18-6-14(15,16)17/h4-6H2,1-3H3,(H,18,20). The molecule has 4 nitrogen and oxygen atoms in total. The number of furan rings is 1. The number of rotatable bonds is 2. The van der Waals surface area contributed by atoms with E-state index in [1.807, 2.05) is 13.8 Å². The van der Waals surface area contributed by atoms with Crippen molar-refractivity contribution in [2.75, 3.05) is 6.54 Å². The first kappa shape index (κ1) is 15.6. The summed E-state index contributed by atoms with van der Waals surface area (Å²) in [5.41, 5.74) is 0.366. The molecule has 1 aliphatic rings. The van der Waals surface area contributed by atoms with Crippen LogP contribution in [0.3, 0.4) is 0 Å². The third kappa shape index (κ3) is 3.28. The lowest BCUT2D eigenvalue weighted by atomic mass is 9.76. The van der Waals surface area contributed by atoms with E-state index in [0.717, 1.165) is 0 Å². The largest absolute Gasteiger partial charge is 0.455 e. The molecule has 1 N–H and O–H groups in total. The highest BCUT2D eigenvalue weighted by Crippen LogP contribution is 2.38. The normalized spacial score (nSPS) is 17.5. The van der Waals surface area contributed by atoms with Gasteiger partial charge in [0.15, 0.2) is 11.5 Å². The molecule has 0 saturated carbocycles. The minimum atomic E-state index is -4.49. The summed E-state index contributed by atoms with van der Waals surface area (Å²) in [6.45, 7) is 3.88. The Morgan fingerprint density at radius 2 is 1.95 bits per heavy atom. The second-order valence-corrected chi connectivity index (χ2v) is 6.09. The highest BCUT2D eigenvalue weighted by Gasteiger charge is 2.37. The molecular formula is C14H16F3NO3. The smallest absolute Gasteiger partial charge is 0.405 e. The van der Waals surface area contributed by atoms with Gasteiger partial charge in [-0.25, -0.2) is 0 Å². The lowest BCUT2D eigenvalue weighted by molar-refractivity contribution is -0.123. The maximum atomic E-state index is 12.1. The van der Waals surface area contributed by atoms with Crippen molar-refractivity contribution in [2.24, 2.45) is 5.41 Å². The summed E-state index contributed by atoms with van der Waals surface area (Å²) in [6, 6.07) is 0. The van der Waals surface area contributed by atoms with Crippen LogP contribution in [0.25, 0.3) is 0 Å². The zero-order chi connectivity index (χ0) is 16.0. The van der Waals surface area contributed by atoms with E-state index in [2.05, 4.69) is 0 Å². The molecule has 0 spiro atoms. The molecule has 2 rings (SSSR count). The fourth-order valence-corrected chi connectivity index (χ4v) is 2.56. The molecule has 0 bridgehead atoms. The van der Waals surface area contributed by atoms with Gasteiger partial charge in [-0.15, -0.1) is 0 Å². The van der Waals surface area contributed by atoms with Crippen LogP contribution in [-0.4, -0.2) is 24.4 Å². The highest BCUT2D eigenvalue weighted by atomic mass is 19.4. The van der Waals surface area contributed by atoms with Gasteiger partial charge >= 0.3 is 6.18 Å². The lowest BCUT2D eigenvalue weighted by Gasteiger charge is -2.27. The summed E-state index contributed by atoms with van der Waals surface area (Å²) in [6.07, 6.45) is -3.70. The van der Waals surface area contributed by atoms with E-state index < -0.39 is 18.6 Å². The quantitative estimate of drug-likeness (QED) is 0.913. The van der Waals surface area contributed by atoms with Gasteiger partial charge in [-0.1, -0.05) is 13.8 Å². The van der Waals surface area contributed by atoms with Crippen LogP contribution < -0.4 is 5.32 Å². The predicted octanol–water partition coefficient (Wildman–Crippen LogP) is 3.04. The van der Waals surface area contributed by atoms with Crippen LogP contribution >= 0.6 is 0 Å². The Morgan fingerprint density at radius 3 is 2.52 bits per heavy atom. The molecule has 0 radical (unpaired) electrons. The Hall–Kier alpha value is -1.79. The monoisotopic (exact) mass is 303 g/mol. The first-order chi connectivity index (χ1) is 9.50. The number of hydrogen-bond donors (Lipinski definition) is 1. The Bertz CT molecular complexity index is 599. The SMILES string of the molecule is Cc1c(C(=O)NCC(F)(F)F)oc2c1C(=O)CC(C)(C)C2. The Kier molecular flexibility index (Phi) is 3.63. The van der Waals surface area contributed by atoms with E-state index >= 15 is 0 Å². The third-order valence-corrected chi connectivity index (χ3v) is 3.43. The van der Waals surface area contributed by atoms with Gasteiger partial charge in [-0.2, -0.15) is 13.2 Å².